The molecule has 2 N–H and O–H groups in total. The number of nitrogens with one attached hydrogen (secondary N) is 2. The quantitative estimate of drug-likeness (QED) is 0.414. The number of benzene rings is 2. The van der Waals surface area contributed by atoms with Crippen LogP contribution in [-0.4, -0.2) is 25.2 Å². The van der Waals surface area contributed by atoms with Crippen LogP contribution in [0.4, 0.5) is 11.4 Å². The van der Waals surface area contributed by atoms with Crippen molar-refractivity contribution in [1.29, 1.82) is 0 Å². The number of unbranched alkanes of at least 4 members (excludes halogenated alkanes) is 3. The van der Waals surface area contributed by atoms with Crippen LogP contribution in [0.2, 0.25) is 0 Å². The second-order valence-corrected chi connectivity index (χ2v) is 7.20. The third kappa shape index (κ3) is 8.90. The van der Waals surface area contributed by atoms with Gasteiger partial charge in [0.2, 0.25) is 5.91 Å². The molecule has 0 saturated carbocycles. The second kappa shape index (κ2) is 12.7. The molecule has 0 radical (unpaired) electrons. The Morgan fingerprint density at radius 3 is 2.45 bits per heavy atom. The molecule has 2 aromatic rings. The molecule has 0 aromatic heterocycles. The van der Waals surface area contributed by atoms with Crippen LogP contribution in [0.5, 0.6) is 11.5 Å². The van der Waals surface area contributed by atoms with Crippen LogP contribution in [0.25, 0.3) is 0 Å². The van der Waals surface area contributed by atoms with Gasteiger partial charge in [0.05, 0.1) is 19.3 Å². The van der Waals surface area contributed by atoms with E-state index in [0.717, 1.165) is 35.7 Å². The zero-order valence-electron chi connectivity index (χ0n) is 17.9. The molecule has 158 valence electrons. The average molecular weight is 399 g/mol. The molecule has 1 atom stereocenters. The molecule has 2 aromatic carbocycles. The van der Waals surface area contributed by atoms with Gasteiger partial charge in [0.15, 0.2) is 0 Å². The van der Waals surface area contributed by atoms with Gasteiger partial charge in [-0.1, -0.05) is 45.2 Å². The Morgan fingerprint density at radius 1 is 0.966 bits per heavy atom. The lowest BCUT2D eigenvalue weighted by Gasteiger charge is -2.14. The van der Waals surface area contributed by atoms with E-state index in [4.69, 9.17) is 9.47 Å². The van der Waals surface area contributed by atoms with Crippen molar-refractivity contribution in [3.63, 3.8) is 0 Å². The molecule has 5 heteroatoms. The Morgan fingerprint density at radius 2 is 1.69 bits per heavy atom. The van der Waals surface area contributed by atoms with Crippen molar-refractivity contribution in [2.75, 3.05) is 23.8 Å². The SMILES string of the molecule is CCCCCCOc1cccc(NC(=O)CNc2cccc(OC(C)CC)c2)c1. The summed E-state index contributed by atoms with van der Waals surface area (Å²) in [4.78, 5) is 12.3. The van der Waals surface area contributed by atoms with Gasteiger partial charge < -0.3 is 20.1 Å². The van der Waals surface area contributed by atoms with Crippen LogP contribution in [0.3, 0.4) is 0 Å². The standard InChI is InChI=1S/C24H34N2O3/c1-4-6-7-8-15-28-22-13-10-12-21(17-22)26-24(27)18-25-20-11-9-14-23(16-20)29-19(3)5-2/h9-14,16-17,19,25H,4-8,15,18H2,1-3H3,(H,26,27). The number of hydrogen-bond acceptors (Lipinski definition) is 4. The summed E-state index contributed by atoms with van der Waals surface area (Å²) in [5.74, 6) is 1.47. The van der Waals surface area contributed by atoms with Crippen molar-refractivity contribution in [3.8, 4) is 11.5 Å². The molecule has 0 aliphatic rings. The van der Waals surface area contributed by atoms with Gasteiger partial charge in [0.1, 0.15) is 11.5 Å². The summed E-state index contributed by atoms with van der Waals surface area (Å²) in [6.45, 7) is 7.20. The maximum absolute atomic E-state index is 12.3. The molecule has 0 aliphatic heterocycles. The molecule has 0 heterocycles. The summed E-state index contributed by atoms with van der Waals surface area (Å²) in [6.07, 6.45) is 5.79. The number of anilines is 2. The van der Waals surface area contributed by atoms with Gasteiger partial charge in [-0.2, -0.15) is 0 Å². The largest absolute Gasteiger partial charge is 0.494 e. The van der Waals surface area contributed by atoms with Crippen molar-refractivity contribution in [2.24, 2.45) is 0 Å². The van der Waals surface area contributed by atoms with E-state index in [9.17, 15) is 4.79 Å². The smallest absolute Gasteiger partial charge is 0.243 e. The lowest BCUT2D eigenvalue weighted by Crippen LogP contribution is -2.21. The highest BCUT2D eigenvalue weighted by Gasteiger charge is 2.06. The highest BCUT2D eigenvalue weighted by molar-refractivity contribution is 5.93. The summed E-state index contributed by atoms with van der Waals surface area (Å²) >= 11 is 0. The summed E-state index contributed by atoms with van der Waals surface area (Å²) in [5, 5.41) is 6.05. The van der Waals surface area contributed by atoms with E-state index in [1.807, 2.05) is 55.5 Å². The highest BCUT2D eigenvalue weighted by atomic mass is 16.5. The summed E-state index contributed by atoms with van der Waals surface area (Å²) in [7, 11) is 0. The Kier molecular flexibility index (Phi) is 9.90. The maximum atomic E-state index is 12.3. The van der Waals surface area contributed by atoms with Crippen LogP contribution >= 0.6 is 0 Å². The Hall–Kier alpha value is -2.69. The predicted octanol–water partition coefficient (Wildman–Crippen LogP) is 5.87. The monoisotopic (exact) mass is 398 g/mol. The van der Waals surface area contributed by atoms with Gasteiger partial charge in [-0.25, -0.2) is 0 Å². The van der Waals surface area contributed by atoms with Crippen LogP contribution < -0.4 is 20.1 Å². The van der Waals surface area contributed by atoms with Crippen LogP contribution in [-0.2, 0) is 4.79 Å². The Labute approximate surface area is 174 Å². The molecule has 0 aliphatic carbocycles. The van der Waals surface area contributed by atoms with Gasteiger partial charge in [-0.15, -0.1) is 0 Å². The number of ether oxygens (including phenoxy) is 2. The third-order valence-corrected chi connectivity index (χ3v) is 4.58. The number of carbonyl (C=O) groups excluding carboxylic acids is 1. The topological polar surface area (TPSA) is 59.6 Å². The van der Waals surface area contributed by atoms with E-state index in [2.05, 4.69) is 24.5 Å². The number of hydrogen-bond donors (Lipinski definition) is 2. The van der Waals surface area contributed by atoms with Gasteiger partial charge in [0.25, 0.3) is 0 Å². The van der Waals surface area contributed by atoms with Crippen molar-refractivity contribution in [1.82, 2.24) is 0 Å². The van der Waals surface area contributed by atoms with Crippen LogP contribution in [0.15, 0.2) is 48.5 Å². The van der Waals surface area contributed by atoms with E-state index >= 15 is 0 Å². The molecule has 0 saturated heterocycles. The molecule has 0 fully saturated rings. The number of rotatable bonds is 13. The fourth-order valence-corrected chi connectivity index (χ4v) is 2.77. The zero-order valence-corrected chi connectivity index (χ0v) is 17.9. The van der Waals surface area contributed by atoms with Crippen molar-refractivity contribution in [3.05, 3.63) is 48.5 Å². The molecule has 2 rings (SSSR count). The van der Waals surface area contributed by atoms with E-state index < -0.39 is 0 Å². The first-order valence-corrected chi connectivity index (χ1v) is 10.6. The predicted molar refractivity (Wildman–Crippen MR) is 120 cm³/mol. The highest BCUT2D eigenvalue weighted by Crippen LogP contribution is 2.20. The van der Waals surface area contributed by atoms with E-state index in [1.54, 1.807) is 0 Å². The van der Waals surface area contributed by atoms with Gasteiger partial charge >= 0.3 is 0 Å². The summed E-state index contributed by atoms with van der Waals surface area (Å²) < 4.78 is 11.6. The second-order valence-electron chi connectivity index (χ2n) is 7.20. The Balaban J connectivity index is 1.79. The normalized spacial score (nSPS) is 11.6. The lowest BCUT2D eigenvalue weighted by molar-refractivity contribution is -0.114. The molecule has 5 nitrogen and oxygen atoms in total. The minimum atomic E-state index is -0.113. The average Bonchev–Trinajstić information content (AvgIpc) is 2.72. The van der Waals surface area contributed by atoms with Crippen molar-refractivity contribution in [2.45, 2.75) is 59.0 Å². The summed E-state index contributed by atoms with van der Waals surface area (Å²) in [6, 6.07) is 15.2. The van der Waals surface area contributed by atoms with Crippen LogP contribution in [0, 0.1) is 0 Å². The van der Waals surface area contributed by atoms with E-state index in [-0.39, 0.29) is 18.6 Å². The molecular weight excluding hydrogens is 364 g/mol. The fraction of sp³-hybridized carbons (Fsp3) is 0.458. The molecule has 1 amide bonds. The third-order valence-electron chi connectivity index (χ3n) is 4.58. The molecule has 29 heavy (non-hydrogen) atoms. The molecule has 0 bridgehead atoms. The maximum Gasteiger partial charge on any atom is 0.243 e. The van der Waals surface area contributed by atoms with Gasteiger partial charge in [-0.05, 0) is 44.0 Å². The first-order chi connectivity index (χ1) is 14.1. The van der Waals surface area contributed by atoms with Crippen LogP contribution in [0.1, 0.15) is 52.9 Å². The lowest BCUT2D eigenvalue weighted by atomic mass is 10.2. The van der Waals surface area contributed by atoms with Gasteiger partial charge in [0, 0.05) is 23.5 Å². The van der Waals surface area contributed by atoms with E-state index in [1.165, 1.54) is 19.3 Å². The fourth-order valence-electron chi connectivity index (χ4n) is 2.77. The Bertz CT molecular complexity index is 748. The van der Waals surface area contributed by atoms with Crippen molar-refractivity contribution >= 4 is 17.3 Å². The summed E-state index contributed by atoms with van der Waals surface area (Å²) in [5.41, 5.74) is 1.59. The first kappa shape index (κ1) is 22.6. The molecule has 0 spiro atoms. The zero-order chi connectivity index (χ0) is 20.9. The van der Waals surface area contributed by atoms with Gasteiger partial charge in [-0.3, -0.25) is 4.79 Å². The number of carbonyl (C=O) groups is 1. The number of amides is 1. The minimum absolute atomic E-state index is 0.113. The van der Waals surface area contributed by atoms with E-state index in [0.29, 0.717) is 6.61 Å². The molecule has 1 unspecified atom stereocenters. The minimum Gasteiger partial charge on any atom is -0.494 e. The first-order valence-electron chi connectivity index (χ1n) is 10.6. The molecular formula is C24H34N2O3. The van der Waals surface area contributed by atoms with Crippen molar-refractivity contribution < 1.29 is 14.3 Å².